The van der Waals surface area contributed by atoms with Crippen molar-refractivity contribution in [3.8, 4) is 0 Å². The van der Waals surface area contributed by atoms with Crippen molar-refractivity contribution in [3.63, 3.8) is 0 Å². The Morgan fingerprint density at radius 1 is 1.05 bits per heavy atom. The zero-order valence-electron chi connectivity index (χ0n) is 11.6. The minimum absolute atomic E-state index is 0.0580. The molecule has 1 saturated heterocycles. The first-order valence-corrected chi connectivity index (χ1v) is 6.67. The fourth-order valence-corrected chi connectivity index (χ4v) is 2.96. The van der Waals surface area contributed by atoms with Crippen LogP contribution in [0.1, 0.15) is 39.5 Å². The lowest BCUT2D eigenvalue weighted by molar-refractivity contribution is -0.222. The van der Waals surface area contributed by atoms with E-state index in [2.05, 4.69) is 0 Å². The molecular formula is C13H20O7. The van der Waals surface area contributed by atoms with Gasteiger partial charge >= 0.3 is 11.9 Å². The summed E-state index contributed by atoms with van der Waals surface area (Å²) in [5, 5.41) is 27.9. The van der Waals surface area contributed by atoms with E-state index in [-0.39, 0.29) is 12.5 Å². The molecule has 2 rings (SSSR count). The highest BCUT2D eigenvalue weighted by Crippen LogP contribution is 2.51. The molecule has 1 aliphatic heterocycles. The first kappa shape index (κ1) is 15.2. The van der Waals surface area contributed by atoms with Crippen LogP contribution >= 0.6 is 0 Å². The Hall–Kier alpha value is -1.18. The molecule has 1 spiro atoms. The van der Waals surface area contributed by atoms with Crippen LogP contribution in [0.4, 0.5) is 0 Å². The molecule has 0 bridgehead atoms. The van der Waals surface area contributed by atoms with Crippen LogP contribution in [0.3, 0.4) is 0 Å². The van der Waals surface area contributed by atoms with Gasteiger partial charge in [0.1, 0.15) is 0 Å². The van der Waals surface area contributed by atoms with Gasteiger partial charge < -0.3 is 24.8 Å². The Bertz CT molecular complexity index is 396. The van der Waals surface area contributed by atoms with Crippen molar-refractivity contribution in [1.82, 2.24) is 0 Å². The van der Waals surface area contributed by atoms with Crippen LogP contribution in [0.5, 0.6) is 0 Å². The van der Waals surface area contributed by atoms with Gasteiger partial charge in [0, 0.05) is 19.4 Å². The van der Waals surface area contributed by atoms with Crippen molar-refractivity contribution in [2.75, 3.05) is 6.61 Å². The summed E-state index contributed by atoms with van der Waals surface area (Å²) < 4.78 is 11.2. The number of hydrogen-bond acceptors (Lipinski definition) is 5. The molecule has 7 nitrogen and oxygen atoms in total. The summed E-state index contributed by atoms with van der Waals surface area (Å²) in [5.41, 5.74) is -3.88. The molecule has 114 valence electrons. The summed E-state index contributed by atoms with van der Waals surface area (Å²) in [6.45, 7) is 2.52. The molecule has 0 aromatic carbocycles. The van der Waals surface area contributed by atoms with E-state index in [1.54, 1.807) is 0 Å². The van der Waals surface area contributed by atoms with Crippen LogP contribution in [0, 0.1) is 5.92 Å². The lowest BCUT2D eigenvalue weighted by Crippen LogP contribution is -2.57. The van der Waals surface area contributed by atoms with Crippen molar-refractivity contribution < 1.29 is 34.4 Å². The molecule has 2 aliphatic rings. The second-order valence-electron chi connectivity index (χ2n) is 5.92. The number of carboxylic acid groups (broad SMARTS) is 2. The molecule has 2 fully saturated rings. The number of aliphatic hydroxyl groups excluding tert-OH is 1. The van der Waals surface area contributed by atoms with E-state index in [0.717, 1.165) is 0 Å². The van der Waals surface area contributed by atoms with Crippen molar-refractivity contribution in [3.05, 3.63) is 0 Å². The number of aliphatic hydroxyl groups is 1. The van der Waals surface area contributed by atoms with Crippen LogP contribution < -0.4 is 0 Å². The van der Waals surface area contributed by atoms with Crippen molar-refractivity contribution >= 4 is 11.9 Å². The summed E-state index contributed by atoms with van der Waals surface area (Å²) in [7, 11) is 0. The van der Waals surface area contributed by atoms with Crippen LogP contribution in [0.25, 0.3) is 0 Å². The Morgan fingerprint density at radius 3 is 1.75 bits per heavy atom. The highest BCUT2D eigenvalue weighted by Gasteiger charge is 2.69. The van der Waals surface area contributed by atoms with Crippen LogP contribution in [-0.2, 0) is 19.1 Å². The fraction of sp³-hybridized carbons (Fsp3) is 0.846. The van der Waals surface area contributed by atoms with Crippen LogP contribution in [0.15, 0.2) is 0 Å². The Balaban J connectivity index is 2.30. The van der Waals surface area contributed by atoms with E-state index >= 15 is 0 Å². The van der Waals surface area contributed by atoms with E-state index in [1.807, 2.05) is 0 Å². The Kier molecular flexibility index (Phi) is 3.56. The first-order valence-electron chi connectivity index (χ1n) is 6.67. The topological polar surface area (TPSA) is 113 Å². The van der Waals surface area contributed by atoms with Gasteiger partial charge in [0.25, 0.3) is 0 Å². The second kappa shape index (κ2) is 4.68. The SMILES string of the molecule is C[C@@]1(C(=O)O)OC2(CCC(CO)CC2)O[C@@]1(C)C(=O)O. The number of ether oxygens (including phenoxy) is 2. The molecule has 20 heavy (non-hydrogen) atoms. The number of hydrogen-bond donors (Lipinski definition) is 3. The van der Waals surface area contributed by atoms with Crippen LogP contribution in [-0.4, -0.2) is 50.9 Å². The summed E-state index contributed by atoms with van der Waals surface area (Å²) in [4.78, 5) is 23.0. The summed E-state index contributed by atoms with van der Waals surface area (Å²) in [6.07, 6.45) is 1.98. The van der Waals surface area contributed by atoms with Gasteiger partial charge in [-0.05, 0) is 32.6 Å². The summed E-state index contributed by atoms with van der Waals surface area (Å²) in [5.74, 6) is -3.78. The Labute approximate surface area is 116 Å². The molecule has 0 aromatic rings. The molecule has 0 unspecified atom stereocenters. The van der Waals surface area contributed by atoms with Crippen molar-refractivity contribution in [2.45, 2.75) is 56.5 Å². The maximum absolute atomic E-state index is 11.5. The second-order valence-corrected chi connectivity index (χ2v) is 5.92. The predicted octanol–water partition coefficient (Wildman–Crippen LogP) is 0.599. The summed E-state index contributed by atoms with van der Waals surface area (Å²) in [6, 6.07) is 0. The lowest BCUT2D eigenvalue weighted by atomic mass is 9.85. The maximum Gasteiger partial charge on any atom is 0.339 e. The molecule has 1 saturated carbocycles. The minimum atomic E-state index is -1.94. The van der Waals surface area contributed by atoms with E-state index in [1.165, 1.54) is 13.8 Å². The van der Waals surface area contributed by atoms with E-state index in [9.17, 15) is 19.8 Å². The average molecular weight is 288 g/mol. The highest BCUT2D eigenvalue weighted by atomic mass is 16.8. The average Bonchev–Trinajstić information content (AvgIpc) is 2.61. The Morgan fingerprint density at radius 2 is 1.45 bits per heavy atom. The van der Waals surface area contributed by atoms with Gasteiger partial charge in [0.05, 0.1) is 0 Å². The van der Waals surface area contributed by atoms with E-state index < -0.39 is 28.9 Å². The van der Waals surface area contributed by atoms with Gasteiger partial charge in [-0.25, -0.2) is 9.59 Å². The molecule has 7 heteroatoms. The number of carboxylic acids is 2. The molecule has 0 amide bonds. The lowest BCUT2D eigenvalue weighted by Gasteiger charge is -2.35. The van der Waals surface area contributed by atoms with Gasteiger partial charge in [-0.1, -0.05) is 0 Å². The smallest absolute Gasteiger partial charge is 0.339 e. The van der Waals surface area contributed by atoms with Crippen LogP contribution in [0.2, 0.25) is 0 Å². The van der Waals surface area contributed by atoms with Crippen molar-refractivity contribution in [1.29, 1.82) is 0 Å². The van der Waals surface area contributed by atoms with Gasteiger partial charge in [0.2, 0.25) is 11.2 Å². The third-order valence-corrected chi connectivity index (χ3v) is 4.63. The zero-order chi connectivity index (χ0) is 15.2. The molecule has 2 atom stereocenters. The molecule has 1 aliphatic carbocycles. The molecule has 0 radical (unpaired) electrons. The monoisotopic (exact) mass is 288 g/mol. The van der Waals surface area contributed by atoms with E-state index in [0.29, 0.717) is 25.7 Å². The van der Waals surface area contributed by atoms with Gasteiger partial charge in [0.15, 0.2) is 5.79 Å². The summed E-state index contributed by atoms with van der Waals surface area (Å²) >= 11 is 0. The zero-order valence-corrected chi connectivity index (χ0v) is 11.6. The molecule has 0 aromatic heterocycles. The fourth-order valence-electron chi connectivity index (χ4n) is 2.96. The van der Waals surface area contributed by atoms with Crippen molar-refractivity contribution in [2.24, 2.45) is 5.92 Å². The minimum Gasteiger partial charge on any atom is -0.479 e. The normalized spacial score (nSPS) is 37.1. The molecule has 3 N–H and O–H groups in total. The largest absolute Gasteiger partial charge is 0.479 e. The number of aliphatic carboxylic acids is 2. The predicted molar refractivity (Wildman–Crippen MR) is 66.0 cm³/mol. The third kappa shape index (κ3) is 2.01. The quantitative estimate of drug-likeness (QED) is 0.696. The maximum atomic E-state index is 11.5. The molecule has 1 heterocycles. The van der Waals surface area contributed by atoms with Gasteiger partial charge in [-0.2, -0.15) is 0 Å². The van der Waals surface area contributed by atoms with Gasteiger partial charge in [-0.3, -0.25) is 0 Å². The standard InChI is InChI=1S/C13H20O7/c1-11(9(15)16)12(2,10(17)18)20-13(19-11)5-3-8(7-14)4-6-13/h8,14H,3-7H2,1-2H3,(H,15,16)(H,17,18)/t11-,12-/m0/s1. The third-order valence-electron chi connectivity index (χ3n) is 4.63. The molecular weight excluding hydrogens is 268 g/mol. The first-order chi connectivity index (χ1) is 9.19. The number of carbonyl (C=O) groups is 2. The van der Waals surface area contributed by atoms with Gasteiger partial charge in [-0.15, -0.1) is 0 Å². The highest BCUT2D eigenvalue weighted by molar-refractivity contribution is 5.91. The van der Waals surface area contributed by atoms with E-state index in [4.69, 9.17) is 14.6 Å². The number of rotatable bonds is 3.